The number of para-hydroxylation sites is 1. The summed E-state index contributed by atoms with van der Waals surface area (Å²) in [5.74, 6) is 5.80. The Morgan fingerprint density at radius 3 is 0.568 bits per heavy atom. The lowest BCUT2D eigenvalue weighted by atomic mass is 9.84. The van der Waals surface area contributed by atoms with Crippen LogP contribution in [0.4, 0.5) is 0 Å². The number of fused-ring (bicyclic) bond motifs is 10. The van der Waals surface area contributed by atoms with Gasteiger partial charge < -0.3 is 0 Å². The summed E-state index contributed by atoms with van der Waals surface area (Å²) in [6.07, 6.45) is 5.57. The van der Waals surface area contributed by atoms with Crippen molar-refractivity contribution in [3.8, 4) is 192 Å². The molecule has 0 amide bonds. The molecule has 0 bridgehead atoms. The van der Waals surface area contributed by atoms with Crippen LogP contribution in [0.15, 0.2) is 534 Å². The number of aromatic nitrogens is 12. The van der Waals surface area contributed by atoms with Crippen LogP contribution in [-0.2, 0) is 0 Å². The summed E-state index contributed by atoms with van der Waals surface area (Å²) in [6, 6.07) is 179. The quantitative estimate of drug-likeness (QED) is 0.0797. The lowest BCUT2D eigenvalue weighted by Gasteiger charge is -2.19. The zero-order chi connectivity index (χ0) is 98.4. The van der Waals surface area contributed by atoms with Gasteiger partial charge in [-0.05, 0) is 156 Å². The van der Waals surface area contributed by atoms with Crippen molar-refractivity contribution in [1.82, 2.24) is 59.8 Å². The van der Waals surface area contributed by atoms with Crippen LogP contribution in [0, 0.1) is 0 Å². The Kier molecular flexibility index (Phi) is 24.2. The molecule has 21 aromatic carbocycles. The molecule has 0 aliphatic heterocycles. The third kappa shape index (κ3) is 17.7. The maximum atomic E-state index is 4.98. The molecule has 12 heteroatoms. The van der Waals surface area contributed by atoms with E-state index in [-0.39, 0.29) is 0 Å². The molecular formula is C136H88N12. The average molecular weight is 1890 g/mol. The summed E-state index contributed by atoms with van der Waals surface area (Å²) in [4.78, 5) is 58.5. The fraction of sp³-hybridized carbons (Fsp3) is 0. The van der Waals surface area contributed by atoms with Crippen LogP contribution in [0.3, 0.4) is 0 Å². The van der Waals surface area contributed by atoms with Gasteiger partial charge in [0.25, 0.3) is 0 Å². The Bertz CT molecular complexity index is 9380. The molecule has 0 fully saturated rings. The topological polar surface area (TPSA) is 155 Å². The Labute approximate surface area is 855 Å². The SMILES string of the molecule is c1ccc(-c2nc(-c3ccccc3)nc(-c3ccc(-c4c(-c5ccc(-c6cccc7cccnc67)cc5)c5ccccc5c5ccccc45)cc3)n2)cc1.c1ccc(-c2nc(-c3ccccc3)nc(-c3ccc(-c4c(-c5ccc(-c6ccccn6)cc5)c5ccccc5c5ccccc45)cc3)n2)cc1.c1ccc(-c2nc(-c3ccccc3)nc(-c3ccc(-c4c(-c5ccccn5)c5ccccc5c5ccccc45)cc3)n2)cc1. The molecule has 0 aliphatic carbocycles. The first kappa shape index (κ1) is 89.3. The van der Waals surface area contributed by atoms with Crippen molar-refractivity contribution in [2.75, 3.05) is 0 Å². The molecule has 0 spiro atoms. The summed E-state index contributed by atoms with van der Waals surface area (Å²) in [5, 5.41) is 15.7. The Balaban J connectivity index is 0.000000116. The van der Waals surface area contributed by atoms with Crippen molar-refractivity contribution in [2.24, 2.45) is 0 Å². The highest BCUT2D eigenvalue weighted by Gasteiger charge is 2.26. The highest BCUT2D eigenvalue weighted by Crippen LogP contribution is 2.50. The van der Waals surface area contributed by atoms with Gasteiger partial charge in [0.15, 0.2) is 52.4 Å². The van der Waals surface area contributed by atoms with Gasteiger partial charge in [-0.25, -0.2) is 44.9 Å². The number of benzene rings is 21. The molecule has 27 rings (SSSR count). The van der Waals surface area contributed by atoms with Crippen molar-refractivity contribution in [1.29, 1.82) is 0 Å². The predicted molar refractivity (Wildman–Crippen MR) is 608 cm³/mol. The monoisotopic (exact) mass is 1890 g/mol. The van der Waals surface area contributed by atoms with E-state index in [1.165, 1.54) is 86.9 Å². The minimum Gasteiger partial charge on any atom is -0.256 e. The molecule has 0 unspecified atom stereocenters. The van der Waals surface area contributed by atoms with E-state index in [4.69, 9.17) is 54.8 Å². The van der Waals surface area contributed by atoms with Crippen molar-refractivity contribution < 1.29 is 0 Å². The fourth-order valence-corrected chi connectivity index (χ4v) is 20.4. The molecule has 0 saturated carbocycles. The fourth-order valence-electron chi connectivity index (χ4n) is 20.4. The van der Waals surface area contributed by atoms with E-state index >= 15 is 0 Å². The Morgan fingerprint density at radius 1 is 0.108 bits per heavy atom. The molecule has 0 aliphatic rings. The third-order valence-corrected chi connectivity index (χ3v) is 27.4. The van der Waals surface area contributed by atoms with Gasteiger partial charge in [0.05, 0.1) is 16.9 Å². The van der Waals surface area contributed by atoms with Crippen LogP contribution in [0.25, 0.3) is 267 Å². The van der Waals surface area contributed by atoms with E-state index in [0.717, 1.165) is 128 Å². The zero-order valence-electron chi connectivity index (χ0n) is 80.2. The zero-order valence-corrected chi connectivity index (χ0v) is 80.2. The van der Waals surface area contributed by atoms with Gasteiger partial charge in [-0.2, -0.15) is 0 Å². The number of hydrogen-bond donors (Lipinski definition) is 0. The molecule has 148 heavy (non-hydrogen) atoms. The highest BCUT2D eigenvalue weighted by atomic mass is 15.1. The molecule has 6 aromatic heterocycles. The Morgan fingerprint density at radius 2 is 0.304 bits per heavy atom. The normalized spacial score (nSPS) is 11.2. The van der Waals surface area contributed by atoms with Gasteiger partial charge in [0.2, 0.25) is 0 Å². The van der Waals surface area contributed by atoms with Crippen molar-refractivity contribution in [3.05, 3.63) is 534 Å². The lowest BCUT2D eigenvalue weighted by Crippen LogP contribution is -2.00. The molecule has 692 valence electrons. The summed E-state index contributed by atoms with van der Waals surface area (Å²) in [5.41, 5.74) is 27.5. The molecule has 0 N–H and O–H groups in total. The molecule has 0 radical (unpaired) electrons. The molecule has 27 aromatic rings. The Hall–Kier alpha value is -20.1. The van der Waals surface area contributed by atoms with Crippen LogP contribution in [0.2, 0.25) is 0 Å². The first-order chi connectivity index (χ1) is 73.4. The smallest absolute Gasteiger partial charge is 0.164 e. The van der Waals surface area contributed by atoms with Gasteiger partial charge in [-0.1, -0.05) is 485 Å². The average Bonchev–Trinajstić information content (AvgIpc) is 0.749. The highest BCUT2D eigenvalue weighted by molar-refractivity contribution is 6.24. The van der Waals surface area contributed by atoms with Gasteiger partial charge in [-0.15, -0.1) is 0 Å². The van der Waals surface area contributed by atoms with Gasteiger partial charge in [-0.3, -0.25) is 15.0 Å². The van der Waals surface area contributed by atoms with E-state index in [2.05, 4.69) is 308 Å². The van der Waals surface area contributed by atoms with Crippen LogP contribution >= 0.6 is 0 Å². The number of nitrogens with zero attached hydrogens (tertiary/aromatic N) is 12. The van der Waals surface area contributed by atoms with E-state index in [9.17, 15) is 0 Å². The van der Waals surface area contributed by atoms with E-state index in [0.29, 0.717) is 52.4 Å². The lowest BCUT2D eigenvalue weighted by molar-refractivity contribution is 1.07. The number of hydrogen-bond acceptors (Lipinski definition) is 12. The van der Waals surface area contributed by atoms with Crippen LogP contribution in [-0.4, -0.2) is 59.8 Å². The molecule has 6 heterocycles. The molecule has 12 nitrogen and oxygen atoms in total. The third-order valence-electron chi connectivity index (χ3n) is 27.4. The van der Waals surface area contributed by atoms with Gasteiger partial charge >= 0.3 is 0 Å². The number of pyridine rings is 3. The first-order valence-corrected chi connectivity index (χ1v) is 49.5. The van der Waals surface area contributed by atoms with Gasteiger partial charge in [0.1, 0.15) is 0 Å². The minimum absolute atomic E-state index is 0.636. The largest absolute Gasteiger partial charge is 0.256 e. The van der Waals surface area contributed by atoms with E-state index in [1.807, 2.05) is 231 Å². The standard InChI is InChI=1S/C50H32N4.C46H30N4.C40H26N4/c1-3-13-37(14-4-1)48-52-49(38-15-5-2-6-16-38)54-50(53-48)39-30-28-35(29-31-39)46-44-22-10-8-20-42(44)41-19-7-9-21-43(41)45(46)34-26-24-33(25-27-34)40-23-11-17-36-18-12-32-51-47(36)40;1-3-13-34(14-4-1)44-48-45(35-15-5-2-6-16-35)50-46(49-44)36-28-26-33(27-29-36)43-40-20-10-8-18-38(40)37-17-7-9-19-39(37)42(43)32-24-22-31(23-25-32)41-21-11-12-30-47-41;1-3-13-28(14-4-1)38-42-39(29-15-5-2-6-16-29)44-40(43-38)30-24-22-27(23-25-30)36-33-19-9-7-17-31(33)32-18-8-10-20-34(32)37(36)35-21-11-12-26-41-35/h1-32H;1-30H;1-26H. The molecule has 0 atom stereocenters. The predicted octanol–water partition coefficient (Wildman–Crippen LogP) is 34.2. The molecular weight excluding hydrogens is 1800 g/mol. The number of rotatable bonds is 17. The second-order valence-corrected chi connectivity index (χ2v) is 36.3. The second kappa shape index (κ2) is 40.1. The van der Waals surface area contributed by atoms with E-state index in [1.54, 1.807) is 0 Å². The summed E-state index contributed by atoms with van der Waals surface area (Å²) in [7, 11) is 0. The second-order valence-electron chi connectivity index (χ2n) is 36.3. The van der Waals surface area contributed by atoms with E-state index < -0.39 is 0 Å². The van der Waals surface area contributed by atoms with Crippen molar-refractivity contribution >= 4 is 75.5 Å². The van der Waals surface area contributed by atoms with Crippen molar-refractivity contribution in [3.63, 3.8) is 0 Å². The van der Waals surface area contributed by atoms with Gasteiger partial charge in [0, 0.05) is 90.7 Å². The molecule has 0 saturated heterocycles. The van der Waals surface area contributed by atoms with Crippen LogP contribution in [0.1, 0.15) is 0 Å². The maximum absolute atomic E-state index is 4.98. The van der Waals surface area contributed by atoms with Crippen LogP contribution < -0.4 is 0 Å². The summed E-state index contributed by atoms with van der Waals surface area (Å²) < 4.78 is 0. The minimum atomic E-state index is 0.636. The summed E-state index contributed by atoms with van der Waals surface area (Å²) >= 11 is 0. The van der Waals surface area contributed by atoms with Crippen LogP contribution in [0.5, 0.6) is 0 Å². The maximum Gasteiger partial charge on any atom is 0.164 e. The first-order valence-electron chi connectivity index (χ1n) is 49.5. The van der Waals surface area contributed by atoms with Crippen molar-refractivity contribution in [2.45, 2.75) is 0 Å². The summed E-state index contributed by atoms with van der Waals surface area (Å²) in [6.45, 7) is 0.